The predicted octanol–water partition coefficient (Wildman–Crippen LogP) is 3.69. The molecule has 1 amide bonds. The summed E-state index contributed by atoms with van der Waals surface area (Å²) in [4.78, 5) is 15.7. The maximum absolute atomic E-state index is 13.1. The molecule has 4 heterocycles. The van der Waals surface area contributed by atoms with Crippen molar-refractivity contribution in [2.24, 2.45) is 0 Å². The minimum absolute atomic E-state index is 0.0606. The number of rotatable bonds is 5. The van der Waals surface area contributed by atoms with Gasteiger partial charge in [-0.15, -0.1) is 21.5 Å². The SMILES string of the molecule is CC(C(=O)NCc1cccs1)N1CCCC(c2nnc3ccc(C(F)(F)F)cn23)C1. The average molecular weight is 437 g/mol. The first-order chi connectivity index (χ1) is 14.3. The third-order valence-corrected chi connectivity index (χ3v) is 6.39. The van der Waals surface area contributed by atoms with Crippen molar-refractivity contribution in [3.63, 3.8) is 0 Å². The van der Waals surface area contributed by atoms with Crippen LogP contribution < -0.4 is 5.32 Å². The van der Waals surface area contributed by atoms with Crippen LogP contribution in [0.1, 0.15) is 41.9 Å². The van der Waals surface area contributed by atoms with E-state index < -0.39 is 11.7 Å². The van der Waals surface area contributed by atoms with E-state index in [4.69, 9.17) is 0 Å². The molecule has 160 valence electrons. The van der Waals surface area contributed by atoms with Gasteiger partial charge in [0.1, 0.15) is 5.82 Å². The van der Waals surface area contributed by atoms with E-state index in [-0.39, 0.29) is 17.9 Å². The molecule has 1 aliphatic rings. The topological polar surface area (TPSA) is 62.5 Å². The highest BCUT2D eigenvalue weighted by atomic mass is 32.1. The number of amides is 1. The summed E-state index contributed by atoms with van der Waals surface area (Å²) in [5.74, 6) is 0.353. The third-order valence-electron chi connectivity index (χ3n) is 5.52. The summed E-state index contributed by atoms with van der Waals surface area (Å²) in [7, 11) is 0. The molecule has 2 unspecified atom stereocenters. The van der Waals surface area contributed by atoms with Crippen molar-refractivity contribution < 1.29 is 18.0 Å². The second-order valence-electron chi connectivity index (χ2n) is 7.51. The largest absolute Gasteiger partial charge is 0.417 e. The summed E-state index contributed by atoms with van der Waals surface area (Å²) in [5.41, 5.74) is -0.345. The Morgan fingerprint density at radius 1 is 1.33 bits per heavy atom. The van der Waals surface area contributed by atoms with Crippen LogP contribution in [-0.2, 0) is 17.5 Å². The summed E-state index contributed by atoms with van der Waals surface area (Å²) in [5, 5.41) is 13.1. The van der Waals surface area contributed by atoms with Gasteiger partial charge < -0.3 is 5.32 Å². The van der Waals surface area contributed by atoms with Crippen molar-refractivity contribution in [3.8, 4) is 0 Å². The first-order valence-electron chi connectivity index (χ1n) is 9.79. The average Bonchev–Trinajstić information content (AvgIpc) is 3.40. The number of likely N-dealkylation sites (tertiary alicyclic amines) is 1. The Morgan fingerprint density at radius 2 is 2.17 bits per heavy atom. The number of carbonyl (C=O) groups excluding carboxylic acids is 1. The van der Waals surface area contributed by atoms with Crippen molar-refractivity contribution in [1.29, 1.82) is 0 Å². The number of nitrogens with one attached hydrogen (secondary N) is 1. The Hall–Kier alpha value is -2.46. The number of piperidine rings is 1. The molecular formula is C20H22F3N5OS. The highest BCUT2D eigenvalue weighted by Crippen LogP contribution is 2.31. The van der Waals surface area contributed by atoms with E-state index in [0.29, 0.717) is 24.6 Å². The molecule has 10 heteroatoms. The van der Waals surface area contributed by atoms with Crippen LogP contribution in [0, 0.1) is 0 Å². The standard InChI is InChI=1S/C20H22F3N5OS/c1-13(19(29)24-10-16-5-3-9-30-16)27-8-2-4-14(11-27)18-26-25-17-7-6-15(12-28(17)18)20(21,22)23/h3,5-7,9,12-14H,2,4,8,10-11H2,1H3,(H,24,29). The van der Waals surface area contributed by atoms with Gasteiger partial charge >= 0.3 is 6.18 Å². The minimum Gasteiger partial charge on any atom is -0.350 e. The molecule has 6 nitrogen and oxygen atoms in total. The quantitative estimate of drug-likeness (QED) is 0.661. The lowest BCUT2D eigenvalue weighted by Gasteiger charge is -2.35. The van der Waals surface area contributed by atoms with Gasteiger partial charge in [-0.2, -0.15) is 13.2 Å². The van der Waals surface area contributed by atoms with Crippen molar-refractivity contribution in [1.82, 2.24) is 24.8 Å². The van der Waals surface area contributed by atoms with Crippen LogP contribution in [0.15, 0.2) is 35.8 Å². The summed E-state index contributed by atoms with van der Waals surface area (Å²) in [6, 6.07) is 5.93. The zero-order valence-corrected chi connectivity index (χ0v) is 17.2. The van der Waals surface area contributed by atoms with Crippen molar-refractivity contribution in [3.05, 3.63) is 52.1 Å². The van der Waals surface area contributed by atoms with Gasteiger partial charge in [0.25, 0.3) is 0 Å². The number of alkyl halides is 3. The fraction of sp³-hybridized carbons (Fsp3) is 0.450. The first kappa shape index (κ1) is 20.8. The Labute approximate surface area is 175 Å². The van der Waals surface area contributed by atoms with Crippen LogP contribution in [0.2, 0.25) is 0 Å². The number of pyridine rings is 1. The van der Waals surface area contributed by atoms with Gasteiger partial charge in [0.2, 0.25) is 5.91 Å². The molecule has 3 aromatic heterocycles. The minimum atomic E-state index is -4.43. The van der Waals surface area contributed by atoms with Gasteiger partial charge in [0.15, 0.2) is 5.65 Å². The number of hydrogen-bond donors (Lipinski definition) is 1. The van der Waals surface area contributed by atoms with Crippen LogP contribution in [-0.4, -0.2) is 44.5 Å². The molecule has 0 aromatic carbocycles. The zero-order valence-electron chi connectivity index (χ0n) is 16.4. The summed E-state index contributed by atoms with van der Waals surface area (Å²) in [6.07, 6.45) is -1.75. The third kappa shape index (κ3) is 4.34. The normalized spacial score (nSPS) is 19.1. The lowest BCUT2D eigenvalue weighted by Crippen LogP contribution is -2.48. The van der Waals surface area contributed by atoms with Crippen LogP contribution >= 0.6 is 11.3 Å². The second kappa shape index (κ2) is 8.35. The molecular weight excluding hydrogens is 415 g/mol. The number of carbonyl (C=O) groups is 1. The predicted molar refractivity (Wildman–Crippen MR) is 107 cm³/mol. The molecule has 0 aliphatic carbocycles. The van der Waals surface area contributed by atoms with Gasteiger partial charge in [0, 0.05) is 23.5 Å². The smallest absolute Gasteiger partial charge is 0.350 e. The fourth-order valence-corrected chi connectivity index (χ4v) is 4.47. The highest BCUT2D eigenvalue weighted by molar-refractivity contribution is 7.09. The Kier molecular flexibility index (Phi) is 5.79. The number of hydrogen-bond acceptors (Lipinski definition) is 5. The monoisotopic (exact) mass is 437 g/mol. The summed E-state index contributed by atoms with van der Waals surface area (Å²) < 4.78 is 40.8. The Bertz CT molecular complexity index is 1020. The van der Waals surface area contributed by atoms with Crippen molar-refractivity contribution in [2.45, 2.75) is 44.4 Å². The van der Waals surface area contributed by atoms with Gasteiger partial charge in [-0.25, -0.2) is 0 Å². The zero-order chi connectivity index (χ0) is 21.3. The van der Waals surface area contributed by atoms with Crippen LogP contribution in [0.4, 0.5) is 13.2 Å². The molecule has 0 radical (unpaired) electrons. The van der Waals surface area contributed by atoms with Crippen LogP contribution in [0.3, 0.4) is 0 Å². The van der Waals surface area contributed by atoms with E-state index in [1.807, 2.05) is 24.4 Å². The number of thiophene rings is 1. The molecule has 0 spiro atoms. The van der Waals surface area contributed by atoms with Crippen molar-refractivity contribution >= 4 is 22.9 Å². The molecule has 3 aromatic rings. The molecule has 4 rings (SSSR count). The summed E-state index contributed by atoms with van der Waals surface area (Å²) in [6.45, 7) is 3.65. The highest BCUT2D eigenvalue weighted by Gasteiger charge is 2.33. The maximum Gasteiger partial charge on any atom is 0.417 e. The van der Waals surface area contributed by atoms with Crippen molar-refractivity contribution in [2.75, 3.05) is 13.1 Å². The van der Waals surface area contributed by atoms with E-state index >= 15 is 0 Å². The van der Waals surface area contributed by atoms with E-state index in [1.54, 1.807) is 11.3 Å². The Morgan fingerprint density at radius 3 is 2.90 bits per heavy atom. The van der Waals surface area contributed by atoms with Gasteiger partial charge in [-0.1, -0.05) is 6.07 Å². The van der Waals surface area contributed by atoms with E-state index in [1.165, 1.54) is 10.5 Å². The molecule has 0 bridgehead atoms. The molecule has 30 heavy (non-hydrogen) atoms. The van der Waals surface area contributed by atoms with Gasteiger partial charge in [-0.05, 0) is 49.9 Å². The molecule has 1 N–H and O–H groups in total. The molecule has 1 saturated heterocycles. The van der Waals surface area contributed by atoms with E-state index in [0.717, 1.165) is 36.5 Å². The molecule has 1 fully saturated rings. The maximum atomic E-state index is 13.1. The summed E-state index contributed by atoms with van der Waals surface area (Å²) >= 11 is 1.59. The van der Waals surface area contributed by atoms with Gasteiger partial charge in [0.05, 0.1) is 18.2 Å². The Balaban J connectivity index is 1.47. The molecule has 2 atom stereocenters. The lowest BCUT2D eigenvalue weighted by atomic mass is 9.96. The number of fused-ring (bicyclic) bond motifs is 1. The van der Waals surface area contributed by atoms with Gasteiger partial charge in [-0.3, -0.25) is 14.1 Å². The van der Waals surface area contributed by atoms with E-state index in [2.05, 4.69) is 20.4 Å². The molecule has 1 aliphatic heterocycles. The first-order valence-corrected chi connectivity index (χ1v) is 10.7. The fourth-order valence-electron chi connectivity index (χ4n) is 3.82. The van der Waals surface area contributed by atoms with E-state index in [9.17, 15) is 18.0 Å². The number of nitrogens with zero attached hydrogens (tertiary/aromatic N) is 4. The van der Waals surface area contributed by atoms with Crippen LogP contribution in [0.25, 0.3) is 5.65 Å². The number of halogens is 3. The second-order valence-corrected chi connectivity index (χ2v) is 8.54. The molecule has 0 saturated carbocycles. The lowest BCUT2D eigenvalue weighted by molar-refractivity contribution is -0.137. The number of aromatic nitrogens is 3. The van der Waals surface area contributed by atoms with Crippen LogP contribution in [0.5, 0.6) is 0 Å².